The summed E-state index contributed by atoms with van der Waals surface area (Å²) in [5, 5.41) is 10.8. The van der Waals surface area contributed by atoms with Crippen molar-refractivity contribution in [3.05, 3.63) is 35.9 Å². The highest BCUT2D eigenvalue weighted by Gasteiger charge is 1.92. The molecule has 0 bridgehead atoms. The summed E-state index contributed by atoms with van der Waals surface area (Å²) < 4.78 is 4.60. The third kappa shape index (κ3) is 2.70. The Balaban J connectivity index is 2.51. The summed E-state index contributed by atoms with van der Waals surface area (Å²) in [6.07, 6.45) is -0.491. The van der Waals surface area contributed by atoms with Crippen molar-refractivity contribution in [1.82, 2.24) is 0 Å². The van der Waals surface area contributed by atoms with E-state index in [0.717, 1.165) is 5.56 Å². The molecule has 1 rings (SSSR count). The molecule has 0 radical (unpaired) electrons. The van der Waals surface area contributed by atoms with Gasteiger partial charge in [-0.2, -0.15) is 0 Å². The van der Waals surface area contributed by atoms with E-state index in [1.54, 1.807) is 0 Å². The largest absolute Gasteiger partial charge is 0.831 e. The van der Waals surface area contributed by atoms with Gasteiger partial charge >= 0.3 is 0 Å². The van der Waals surface area contributed by atoms with Gasteiger partial charge in [0.1, 0.15) is 0 Å². The number of methoxy groups -OCH3 is 1. The van der Waals surface area contributed by atoms with Crippen molar-refractivity contribution in [2.45, 2.75) is 12.7 Å². The maximum Gasteiger partial charge on any atom is 0.0340 e. The van der Waals surface area contributed by atoms with Crippen molar-refractivity contribution < 1.29 is 9.84 Å². The minimum absolute atomic E-state index is 0.442. The molecule has 0 amide bonds. The van der Waals surface area contributed by atoms with E-state index in [4.69, 9.17) is 0 Å². The van der Waals surface area contributed by atoms with Crippen LogP contribution in [0.25, 0.3) is 0 Å². The van der Waals surface area contributed by atoms with Gasteiger partial charge in [0.05, 0.1) is 0 Å². The second-order valence-corrected chi connectivity index (χ2v) is 2.35. The zero-order valence-corrected chi connectivity index (χ0v) is 6.49. The number of benzene rings is 1. The summed E-state index contributed by atoms with van der Waals surface area (Å²) in [5.74, 6) is 0. The van der Waals surface area contributed by atoms with E-state index < -0.39 is 6.29 Å². The van der Waals surface area contributed by atoms with Crippen LogP contribution >= 0.6 is 0 Å². The Labute approximate surface area is 66.4 Å². The van der Waals surface area contributed by atoms with Gasteiger partial charge in [0.2, 0.25) is 0 Å². The van der Waals surface area contributed by atoms with Gasteiger partial charge in [-0.3, -0.25) is 0 Å². The van der Waals surface area contributed by atoms with Crippen molar-refractivity contribution in [2.75, 3.05) is 7.11 Å². The molecule has 0 aromatic heterocycles. The smallest absolute Gasteiger partial charge is 0.0340 e. The van der Waals surface area contributed by atoms with Crippen LogP contribution in [0.1, 0.15) is 5.56 Å². The molecule has 11 heavy (non-hydrogen) atoms. The van der Waals surface area contributed by atoms with E-state index in [2.05, 4.69) is 4.74 Å². The standard InChI is InChI=1S/C9H11O2/c1-11-9(10)7-8-5-3-2-4-6-8/h2-6,9H,7H2,1H3/q-1/t9-/m1/s1. The summed E-state index contributed by atoms with van der Waals surface area (Å²) in [5.41, 5.74) is 1.02. The van der Waals surface area contributed by atoms with Crippen molar-refractivity contribution >= 4 is 0 Å². The first kappa shape index (κ1) is 8.24. The molecule has 2 nitrogen and oxygen atoms in total. The molecule has 0 aliphatic rings. The Kier molecular flexibility index (Phi) is 3.08. The third-order valence-corrected chi connectivity index (χ3v) is 1.51. The summed E-state index contributed by atoms with van der Waals surface area (Å²) in [4.78, 5) is 0. The molecule has 0 N–H and O–H groups in total. The molecule has 0 aliphatic carbocycles. The highest BCUT2D eigenvalue weighted by Crippen LogP contribution is 2.01. The van der Waals surface area contributed by atoms with Crippen LogP contribution in [-0.2, 0) is 11.2 Å². The average molecular weight is 151 g/mol. The Morgan fingerprint density at radius 3 is 2.55 bits per heavy atom. The van der Waals surface area contributed by atoms with Gasteiger partial charge in [-0.15, -0.1) is 0 Å². The van der Waals surface area contributed by atoms with Gasteiger partial charge < -0.3 is 9.84 Å². The maximum atomic E-state index is 10.8. The maximum absolute atomic E-state index is 10.8. The molecule has 0 saturated heterocycles. The van der Waals surface area contributed by atoms with E-state index in [0.29, 0.717) is 6.42 Å². The van der Waals surface area contributed by atoms with E-state index in [9.17, 15) is 5.11 Å². The van der Waals surface area contributed by atoms with Crippen molar-refractivity contribution in [3.8, 4) is 0 Å². The van der Waals surface area contributed by atoms with Crippen LogP contribution in [0.4, 0.5) is 0 Å². The molecule has 2 heteroatoms. The fraction of sp³-hybridized carbons (Fsp3) is 0.333. The molecule has 1 atom stereocenters. The average Bonchev–Trinajstić information content (AvgIpc) is 2.06. The first-order chi connectivity index (χ1) is 5.33. The van der Waals surface area contributed by atoms with Crippen molar-refractivity contribution in [1.29, 1.82) is 0 Å². The van der Waals surface area contributed by atoms with Crippen LogP contribution < -0.4 is 5.11 Å². The Bertz CT molecular complexity index is 196. The molecule has 0 fully saturated rings. The minimum Gasteiger partial charge on any atom is -0.831 e. The van der Waals surface area contributed by atoms with Crippen LogP contribution in [0.15, 0.2) is 30.3 Å². The second-order valence-electron chi connectivity index (χ2n) is 2.35. The summed E-state index contributed by atoms with van der Waals surface area (Å²) in [6, 6.07) is 9.60. The summed E-state index contributed by atoms with van der Waals surface area (Å²) >= 11 is 0. The van der Waals surface area contributed by atoms with Gasteiger partial charge in [0.25, 0.3) is 0 Å². The van der Waals surface area contributed by atoms with Gasteiger partial charge in [0.15, 0.2) is 0 Å². The van der Waals surface area contributed by atoms with Gasteiger partial charge in [-0.1, -0.05) is 30.3 Å². The second kappa shape index (κ2) is 4.11. The predicted octanol–water partition coefficient (Wildman–Crippen LogP) is 0.562. The monoisotopic (exact) mass is 151 g/mol. The molecule has 0 saturated carbocycles. The van der Waals surface area contributed by atoms with E-state index in [1.165, 1.54) is 7.11 Å². The Morgan fingerprint density at radius 2 is 2.00 bits per heavy atom. The van der Waals surface area contributed by atoms with Crippen LogP contribution in [0, 0.1) is 0 Å². The summed E-state index contributed by atoms with van der Waals surface area (Å²) in [6.45, 7) is 0. The van der Waals surface area contributed by atoms with E-state index in [-0.39, 0.29) is 0 Å². The predicted molar refractivity (Wildman–Crippen MR) is 40.9 cm³/mol. The lowest BCUT2D eigenvalue weighted by Gasteiger charge is -2.19. The number of ether oxygens (including phenoxy) is 1. The van der Waals surface area contributed by atoms with Crippen LogP contribution in [0.2, 0.25) is 0 Å². The fourth-order valence-electron chi connectivity index (χ4n) is 0.890. The lowest BCUT2D eigenvalue weighted by Crippen LogP contribution is -2.29. The molecular formula is C9H11O2-. The quantitative estimate of drug-likeness (QED) is 0.591. The highest BCUT2D eigenvalue weighted by molar-refractivity contribution is 5.14. The SMILES string of the molecule is CO[C@@H]([O-])Cc1ccccc1. The number of hydrogen-bond donors (Lipinski definition) is 0. The van der Waals surface area contributed by atoms with Crippen LogP contribution in [0.5, 0.6) is 0 Å². The number of rotatable bonds is 3. The molecule has 1 aromatic rings. The van der Waals surface area contributed by atoms with E-state index >= 15 is 0 Å². The van der Waals surface area contributed by atoms with Gasteiger partial charge in [-0.05, 0) is 18.3 Å². The molecule has 1 aromatic carbocycles. The van der Waals surface area contributed by atoms with Crippen molar-refractivity contribution in [3.63, 3.8) is 0 Å². The zero-order chi connectivity index (χ0) is 8.10. The van der Waals surface area contributed by atoms with Crippen molar-refractivity contribution in [2.24, 2.45) is 0 Å². The van der Waals surface area contributed by atoms with E-state index in [1.807, 2.05) is 30.3 Å². The normalized spacial score (nSPS) is 12.9. The first-order valence-electron chi connectivity index (χ1n) is 3.55. The van der Waals surface area contributed by atoms with Gasteiger partial charge in [-0.25, -0.2) is 0 Å². The van der Waals surface area contributed by atoms with Gasteiger partial charge in [0, 0.05) is 7.11 Å². The topological polar surface area (TPSA) is 32.3 Å². The van der Waals surface area contributed by atoms with Crippen LogP contribution in [0.3, 0.4) is 0 Å². The molecule has 0 spiro atoms. The molecule has 0 unspecified atom stereocenters. The molecule has 0 aliphatic heterocycles. The molecule has 0 heterocycles. The highest BCUT2D eigenvalue weighted by atomic mass is 16.6. The first-order valence-corrected chi connectivity index (χ1v) is 3.55. The lowest BCUT2D eigenvalue weighted by atomic mass is 10.1. The van der Waals surface area contributed by atoms with Crippen LogP contribution in [-0.4, -0.2) is 13.4 Å². The minimum atomic E-state index is -0.933. The Hall–Kier alpha value is -0.860. The fourth-order valence-corrected chi connectivity index (χ4v) is 0.890. The summed E-state index contributed by atoms with van der Waals surface area (Å²) in [7, 11) is 1.43. The molecular weight excluding hydrogens is 140 g/mol. The third-order valence-electron chi connectivity index (χ3n) is 1.51. The molecule has 60 valence electrons. The zero-order valence-electron chi connectivity index (χ0n) is 6.49. The lowest BCUT2D eigenvalue weighted by molar-refractivity contribution is -0.486. The Morgan fingerprint density at radius 1 is 1.36 bits per heavy atom. The number of hydrogen-bond acceptors (Lipinski definition) is 2.